The first-order valence-corrected chi connectivity index (χ1v) is 1.95. The third-order valence-electron chi connectivity index (χ3n) is 0.306. The van der Waals surface area contributed by atoms with Crippen molar-refractivity contribution in [2.24, 2.45) is 5.41 Å². The number of carbonyl (C=O) groups excluding carboxylic acids is 1. The minimum atomic E-state index is -0.264. The van der Waals surface area contributed by atoms with Gasteiger partial charge in [0.15, 0.2) is 0 Å². The zero-order valence-corrected chi connectivity index (χ0v) is 8.75. The molecule has 0 saturated heterocycles. The van der Waals surface area contributed by atoms with Crippen molar-refractivity contribution in [3.05, 3.63) is 7.43 Å². The Morgan fingerprint density at radius 2 is 1.38 bits per heavy atom. The Morgan fingerprint density at radius 3 is 1.38 bits per heavy atom. The Balaban J connectivity index is -0.000000125. The number of hydrogen-bond acceptors (Lipinski definition) is 1. The van der Waals surface area contributed by atoms with Crippen LogP contribution >= 0.6 is 0 Å². The Morgan fingerprint density at radius 1 is 1.25 bits per heavy atom. The standard InChI is InChI=1S/C5H9O.CH3.W/c1-5(2,3)4-6;;/h1-3H3;1H3;/q2*-1;+2. The van der Waals surface area contributed by atoms with Crippen molar-refractivity contribution in [1.29, 1.82) is 0 Å². The second-order valence-electron chi connectivity index (χ2n) is 2.35. The van der Waals surface area contributed by atoms with Gasteiger partial charge in [-0.1, -0.05) is 20.8 Å². The first-order chi connectivity index (χ1) is 2.56. The van der Waals surface area contributed by atoms with Crippen molar-refractivity contribution in [1.82, 2.24) is 0 Å². The largest absolute Gasteiger partial charge is 2.00 e. The van der Waals surface area contributed by atoms with E-state index in [-0.39, 0.29) is 33.9 Å². The second kappa shape index (κ2) is 5.49. The normalized spacial score (nSPS) is 8.38. The van der Waals surface area contributed by atoms with Gasteiger partial charge in [0.2, 0.25) is 0 Å². The average Bonchev–Trinajstić information content (AvgIpc) is 1.35. The van der Waals surface area contributed by atoms with Crippen molar-refractivity contribution < 1.29 is 25.9 Å². The summed E-state index contributed by atoms with van der Waals surface area (Å²) in [7, 11) is 0. The SMILES string of the molecule is CC(C)(C)[C-]=O.[CH3-].[W+2]. The van der Waals surface area contributed by atoms with Crippen LogP contribution in [0.4, 0.5) is 0 Å². The van der Waals surface area contributed by atoms with Crippen LogP contribution in [0, 0.1) is 12.8 Å². The van der Waals surface area contributed by atoms with Gasteiger partial charge >= 0.3 is 21.1 Å². The van der Waals surface area contributed by atoms with E-state index in [1.807, 2.05) is 27.1 Å². The summed E-state index contributed by atoms with van der Waals surface area (Å²) in [5.41, 5.74) is -0.264. The molecule has 0 heterocycles. The van der Waals surface area contributed by atoms with E-state index in [1.54, 1.807) is 0 Å². The van der Waals surface area contributed by atoms with Gasteiger partial charge in [0.05, 0.1) is 0 Å². The zero-order chi connectivity index (χ0) is 5.21. The van der Waals surface area contributed by atoms with E-state index in [0.717, 1.165) is 0 Å². The molecule has 8 heavy (non-hydrogen) atoms. The van der Waals surface area contributed by atoms with E-state index in [1.165, 1.54) is 0 Å². The first-order valence-electron chi connectivity index (χ1n) is 1.95. The van der Waals surface area contributed by atoms with Crippen molar-refractivity contribution >= 4 is 6.29 Å². The molecule has 0 aromatic heterocycles. The van der Waals surface area contributed by atoms with E-state index in [4.69, 9.17) is 0 Å². The topological polar surface area (TPSA) is 17.1 Å². The molecule has 0 atom stereocenters. The molecule has 0 aromatic rings. The molecule has 0 N–H and O–H groups in total. The molecule has 1 nitrogen and oxygen atoms in total. The fourth-order valence-electron chi connectivity index (χ4n) is 0. The molecule has 0 rings (SSSR count). The monoisotopic (exact) mass is 284 g/mol. The maximum atomic E-state index is 9.70. The quantitative estimate of drug-likeness (QED) is 0.617. The molecule has 0 fully saturated rings. The molecule has 0 unspecified atom stereocenters. The van der Waals surface area contributed by atoms with E-state index < -0.39 is 0 Å². The summed E-state index contributed by atoms with van der Waals surface area (Å²) in [5.74, 6) is 0. The number of rotatable bonds is 0. The van der Waals surface area contributed by atoms with E-state index in [2.05, 4.69) is 0 Å². The van der Waals surface area contributed by atoms with Gasteiger partial charge in [-0.15, -0.1) is 5.41 Å². The predicted molar refractivity (Wildman–Crippen MR) is 31.6 cm³/mol. The molecule has 48 valence electrons. The van der Waals surface area contributed by atoms with Gasteiger partial charge < -0.3 is 12.2 Å². The Hall–Kier alpha value is 0.358. The van der Waals surface area contributed by atoms with Crippen LogP contribution in [0.15, 0.2) is 0 Å². The summed E-state index contributed by atoms with van der Waals surface area (Å²) >= 11 is 0. The van der Waals surface area contributed by atoms with Gasteiger partial charge in [0, 0.05) is 0 Å². The Bertz CT molecular complexity index is 54.0. The Labute approximate surface area is 66.1 Å². The summed E-state index contributed by atoms with van der Waals surface area (Å²) in [6, 6.07) is 0. The molecular formula is C6H12OW. The van der Waals surface area contributed by atoms with Gasteiger partial charge in [-0.2, -0.15) is 0 Å². The van der Waals surface area contributed by atoms with Crippen LogP contribution < -0.4 is 0 Å². The molecule has 0 aliphatic carbocycles. The summed E-state index contributed by atoms with van der Waals surface area (Å²) in [4.78, 5) is 9.70. The predicted octanol–water partition coefficient (Wildman–Crippen LogP) is 1.59. The molecule has 0 spiro atoms. The molecule has 0 amide bonds. The molecule has 0 radical (unpaired) electrons. The number of hydrogen-bond donors (Lipinski definition) is 0. The van der Waals surface area contributed by atoms with Gasteiger partial charge in [-0.05, 0) is 0 Å². The third kappa shape index (κ3) is 16.2. The molecule has 0 saturated carbocycles. The molecule has 0 aliphatic heterocycles. The molecular weight excluding hydrogens is 272 g/mol. The minimum Gasteiger partial charge on any atom is -0.541 e. The average molecular weight is 284 g/mol. The van der Waals surface area contributed by atoms with Crippen molar-refractivity contribution in [2.75, 3.05) is 0 Å². The molecule has 0 aliphatic rings. The summed E-state index contributed by atoms with van der Waals surface area (Å²) in [6.45, 7) is 5.46. The molecule has 0 aromatic carbocycles. The van der Waals surface area contributed by atoms with Crippen LogP contribution in [-0.4, -0.2) is 6.29 Å². The fraction of sp³-hybridized carbons (Fsp3) is 0.667. The molecule has 2 heteroatoms. The van der Waals surface area contributed by atoms with Crippen molar-refractivity contribution in [3.8, 4) is 0 Å². The second-order valence-corrected chi connectivity index (χ2v) is 2.35. The van der Waals surface area contributed by atoms with Crippen LogP contribution in [0.5, 0.6) is 0 Å². The summed E-state index contributed by atoms with van der Waals surface area (Å²) in [6.07, 6.45) is 1.85. The van der Waals surface area contributed by atoms with Crippen LogP contribution in [0.3, 0.4) is 0 Å². The zero-order valence-electron chi connectivity index (χ0n) is 5.82. The first kappa shape index (κ1) is 15.8. The van der Waals surface area contributed by atoms with Crippen LogP contribution in [0.2, 0.25) is 0 Å². The van der Waals surface area contributed by atoms with Gasteiger partial charge in [0.1, 0.15) is 0 Å². The third-order valence-corrected chi connectivity index (χ3v) is 0.306. The van der Waals surface area contributed by atoms with E-state index >= 15 is 0 Å². The van der Waals surface area contributed by atoms with Crippen molar-refractivity contribution in [2.45, 2.75) is 20.8 Å². The van der Waals surface area contributed by atoms with Gasteiger partial charge in [-0.25, -0.2) is 0 Å². The maximum Gasteiger partial charge on any atom is 2.00 e. The smallest absolute Gasteiger partial charge is 0.541 e. The fourth-order valence-corrected chi connectivity index (χ4v) is 0. The summed E-state index contributed by atoms with van der Waals surface area (Å²) < 4.78 is 0. The van der Waals surface area contributed by atoms with E-state index in [0.29, 0.717) is 0 Å². The van der Waals surface area contributed by atoms with Crippen LogP contribution in [0.1, 0.15) is 20.8 Å². The Kier molecular flexibility index (Phi) is 10.8. The van der Waals surface area contributed by atoms with Crippen LogP contribution in [0.25, 0.3) is 0 Å². The van der Waals surface area contributed by atoms with Gasteiger partial charge in [0.25, 0.3) is 0 Å². The van der Waals surface area contributed by atoms with Gasteiger partial charge in [-0.3, -0.25) is 6.29 Å². The maximum absolute atomic E-state index is 9.70. The summed E-state index contributed by atoms with van der Waals surface area (Å²) in [5, 5.41) is 0. The van der Waals surface area contributed by atoms with Crippen LogP contribution in [-0.2, 0) is 25.9 Å². The molecule has 0 bridgehead atoms. The van der Waals surface area contributed by atoms with E-state index in [9.17, 15) is 4.79 Å². The van der Waals surface area contributed by atoms with Crippen molar-refractivity contribution in [3.63, 3.8) is 0 Å². The minimum absolute atomic E-state index is 0.